The molecule has 0 saturated carbocycles. The molecule has 0 saturated heterocycles. The van der Waals surface area contributed by atoms with Gasteiger partial charge in [-0.15, -0.1) is 0 Å². The smallest absolute Gasteiger partial charge is 0.338 e. The molecule has 0 spiro atoms. The first kappa shape index (κ1) is 16.7. The molecule has 3 heteroatoms. The van der Waals surface area contributed by atoms with E-state index in [2.05, 4.69) is 13.8 Å². The van der Waals surface area contributed by atoms with Crippen LogP contribution in [0.4, 0.5) is 0 Å². The lowest BCUT2D eigenvalue weighted by atomic mass is 10.0. The molecular weight excluding hydrogens is 250 g/mol. The summed E-state index contributed by atoms with van der Waals surface area (Å²) in [6, 6.07) is 7.55. The zero-order valence-corrected chi connectivity index (χ0v) is 12.7. The van der Waals surface area contributed by atoms with Gasteiger partial charge in [0.2, 0.25) is 0 Å². The minimum Gasteiger partial charge on any atom is -0.462 e. The van der Waals surface area contributed by atoms with Crippen LogP contribution in [0.3, 0.4) is 0 Å². The van der Waals surface area contributed by atoms with Gasteiger partial charge in [-0.1, -0.05) is 45.2 Å². The lowest BCUT2D eigenvalue weighted by molar-refractivity contribution is 0.0428. The molecular formula is C17H27NO2. The van der Waals surface area contributed by atoms with Crippen LogP contribution in [0.5, 0.6) is 0 Å². The van der Waals surface area contributed by atoms with E-state index in [4.69, 9.17) is 10.5 Å². The minimum absolute atomic E-state index is 0.223. The summed E-state index contributed by atoms with van der Waals surface area (Å²) < 4.78 is 5.44. The Morgan fingerprint density at radius 1 is 1.35 bits per heavy atom. The fourth-order valence-electron chi connectivity index (χ4n) is 2.20. The van der Waals surface area contributed by atoms with Crippen molar-refractivity contribution in [1.29, 1.82) is 0 Å². The van der Waals surface area contributed by atoms with Gasteiger partial charge >= 0.3 is 5.97 Å². The number of hydrogen-bond donors (Lipinski definition) is 1. The van der Waals surface area contributed by atoms with Crippen LogP contribution in [0.25, 0.3) is 0 Å². The number of ether oxygens (including phenoxy) is 1. The summed E-state index contributed by atoms with van der Waals surface area (Å²) in [7, 11) is 0. The van der Waals surface area contributed by atoms with Crippen molar-refractivity contribution in [2.45, 2.75) is 46.0 Å². The standard InChI is InChI=1S/C17H27NO2/c1-3-5-7-14(4-2)13-20-17(19)16-9-6-8-15(12-16)10-11-18/h6,8-9,12,14H,3-5,7,10-11,13,18H2,1-2H3. The van der Waals surface area contributed by atoms with E-state index in [9.17, 15) is 4.79 Å². The summed E-state index contributed by atoms with van der Waals surface area (Å²) >= 11 is 0. The third-order valence-electron chi connectivity index (χ3n) is 3.59. The zero-order chi connectivity index (χ0) is 14.8. The molecule has 0 aliphatic rings. The molecule has 1 unspecified atom stereocenters. The molecule has 0 aliphatic heterocycles. The first-order chi connectivity index (χ1) is 9.71. The Hall–Kier alpha value is -1.35. The number of benzene rings is 1. The zero-order valence-electron chi connectivity index (χ0n) is 12.7. The molecule has 0 heterocycles. The van der Waals surface area contributed by atoms with Gasteiger partial charge < -0.3 is 10.5 Å². The van der Waals surface area contributed by atoms with E-state index in [1.807, 2.05) is 18.2 Å². The van der Waals surface area contributed by atoms with E-state index in [-0.39, 0.29) is 5.97 Å². The van der Waals surface area contributed by atoms with Crippen LogP contribution in [0.1, 0.15) is 55.5 Å². The topological polar surface area (TPSA) is 52.3 Å². The van der Waals surface area contributed by atoms with E-state index >= 15 is 0 Å². The van der Waals surface area contributed by atoms with Crippen LogP contribution in [-0.4, -0.2) is 19.1 Å². The predicted octanol–water partition coefficient (Wildman–Crippen LogP) is 3.56. The van der Waals surface area contributed by atoms with Gasteiger partial charge in [0.05, 0.1) is 12.2 Å². The number of hydrogen-bond acceptors (Lipinski definition) is 3. The first-order valence-electron chi connectivity index (χ1n) is 7.67. The molecule has 3 nitrogen and oxygen atoms in total. The maximum atomic E-state index is 12.0. The van der Waals surface area contributed by atoms with Crippen LogP contribution in [-0.2, 0) is 11.2 Å². The molecule has 1 aromatic rings. The van der Waals surface area contributed by atoms with E-state index < -0.39 is 0 Å². The summed E-state index contributed by atoms with van der Waals surface area (Å²) in [5, 5.41) is 0. The van der Waals surface area contributed by atoms with Crippen molar-refractivity contribution >= 4 is 5.97 Å². The Kier molecular flexibility index (Phi) is 7.97. The molecule has 0 bridgehead atoms. The number of nitrogens with two attached hydrogens (primary N) is 1. The molecule has 1 aromatic carbocycles. The Labute approximate surface area is 122 Å². The van der Waals surface area contributed by atoms with Gasteiger partial charge in [-0.25, -0.2) is 4.79 Å². The maximum absolute atomic E-state index is 12.0. The normalized spacial score (nSPS) is 12.2. The largest absolute Gasteiger partial charge is 0.462 e. The average molecular weight is 277 g/mol. The number of carbonyl (C=O) groups excluding carboxylic acids is 1. The number of rotatable bonds is 9. The molecule has 0 amide bonds. The number of esters is 1. The van der Waals surface area contributed by atoms with Gasteiger partial charge in [0.15, 0.2) is 0 Å². The summed E-state index contributed by atoms with van der Waals surface area (Å²) in [6.45, 7) is 5.45. The fourth-order valence-corrected chi connectivity index (χ4v) is 2.20. The van der Waals surface area contributed by atoms with Crippen molar-refractivity contribution < 1.29 is 9.53 Å². The molecule has 0 radical (unpaired) electrons. The Morgan fingerprint density at radius 2 is 2.15 bits per heavy atom. The summed E-state index contributed by atoms with van der Waals surface area (Å²) in [5.41, 5.74) is 7.24. The van der Waals surface area contributed by atoms with Crippen LogP contribution in [0, 0.1) is 5.92 Å². The van der Waals surface area contributed by atoms with Crippen molar-refractivity contribution in [2.24, 2.45) is 11.7 Å². The molecule has 1 atom stereocenters. The molecule has 112 valence electrons. The van der Waals surface area contributed by atoms with E-state index in [1.54, 1.807) is 6.07 Å². The highest BCUT2D eigenvalue weighted by molar-refractivity contribution is 5.89. The maximum Gasteiger partial charge on any atom is 0.338 e. The summed E-state index contributed by atoms with van der Waals surface area (Å²) in [5.74, 6) is 0.255. The highest BCUT2D eigenvalue weighted by Gasteiger charge is 2.12. The van der Waals surface area contributed by atoms with Gasteiger partial charge in [0.1, 0.15) is 0 Å². The second kappa shape index (κ2) is 9.54. The number of carbonyl (C=O) groups is 1. The van der Waals surface area contributed by atoms with Crippen molar-refractivity contribution in [3.63, 3.8) is 0 Å². The van der Waals surface area contributed by atoms with Crippen molar-refractivity contribution in [3.8, 4) is 0 Å². The first-order valence-corrected chi connectivity index (χ1v) is 7.67. The van der Waals surface area contributed by atoms with Crippen LogP contribution in [0.15, 0.2) is 24.3 Å². The average Bonchev–Trinajstić information content (AvgIpc) is 2.48. The van der Waals surface area contributed by atoms with Gasteiger partial charge in [0, 0.05) is 0 Å². The molecule has 1 rings (SSSR count). The predicted molar refractivity (Wildman–Crippen MR) is 82.8 cm³/mol. The summed E-state index contributed by atoms with van der Waals surface area (Å²) in [4.78, 5) is 12.0. The molecule has 0 fully saturated rings. The molecule has 20 heavy (non-hydrogen) atoms. The van der Waals surface area contributed by atoms with Crippen LogP contribution < -0.4 is 5.73 Å². The van der Waals surface area contributed by atoms with Gasteiger partial charge in [-0.05, 0) is 43.0 Å². The fraction of sp³-hybridized carbons (Fsp3) is 0.588. The lowest BCUT2D eigenvalue weighted by Gasteiger charge is -2.14. The quantitative estimate of drug-likeness (QED) is 0.702. The van der Waals surface area contributed by atoms with Crippen molar-refractivity contribution in [2.75, 3.05) is 13.2 Å². The third-order valence-corrected chi connectivity index (χ3v) is 3.59. The minimum atomic E-state index is -0.223. The van der Waals surface area contributed by atoms with Gasteiger partial charge in [-0.2, -0.15) is 0 Å². The van der Waals surface area contributed by atoms with Crippen molar-refractivity contribution in [3.05, 3.63) is 35.4 Å². The Balaban J connectivity index is 2.51. The molecule has 2 N–H and O–H groups in total. The Bertz CT molecular complexity index is 404. The molecule has 0 aliphatic carbocycles. The Morgan fingerprint density at radius 3 is 2.80 bits per heavy atom. The number of unbranched alkanes of at least 4 members (excludes halogenated alkanes) is 1. The third kappa shape index (κ3) is 5.74. The van der Waals surface area contributed by atoms with Crippen LogP contribution in [0.2, 0.25) is 0 Å². The second-order valence-electron chi connectivity index (χ2n) is 5.25. The van der Waals surface area contributed by atoms with E-state index in [1.165, 1.54) is 12.8 Å². The SMILES string of the molecule is CCCCC(CC)COC(=O)c1cccc(CCN)c1. The second-order valence-corrected chi connectivity index (χ2v) is 5.25. The highest BCUT2D eigenvalue weighted by Crippen LogP contribution is 2.14. The summed E-state index contributed by atoms with van der Waals surface area (Å²) in [6.07, 6.45) is 5.36. The van der Waals surface area contributed by atoms with E-state index in [0.717, 1.165) is 24.8 Å². The lowest BCUT2D eigenvalue weighted by Crippen LogP contribution is -2.14. The van der Waals surface area contributed by atoms with Gasteiger partial charge in [-0.3, -0.25) is 0 Å². The van der Waals surface area contributed by atoms with Gasteiger partial charge in [0.25, 0.3) is 0 Å². The highest BCUT2D eigenvalue weighted by atomic mass is 16.5. The van der Waals surface area contributed by atoms with E-state index in [0.29, 0.717) is 24.6 Å². The molecule has 0 aromatic heterocycles. The monoisotopic (exact) mass is 277 g/mol. The van der Waals surface area contributed by atoms with Crippen LogP contribution >= 0.6 is 0 Å². The van der Waals surface area contributed by atoms with Crippen molar-refractivity contribution in [1.82, 2.24) is 0 Å².